The minimum atomic E-state index is -0.107. The summed E-state index contributed by atoms with van der Waals surface area (Å²) < 4.78 is 0. The summed E-state index contributed by atoms with van der Waals surface area (Å²) in [6.45, 7) is 11.2. The molecule has 12 heavy (non-hydrogen) atoms. The van der Waals surface area contributed by atoms with Crippen molar-refractivity contribution in [3.63, 3.8) is 0 Å². The Kier molecular flexibility index (Phi) is 2.28. The van der Waals surface area contributed by atoms with Gasteiger partial charge in [0.1, 0.15) is 0 Å². The summed E-state index contributed by atoms with van der Waals surface area (Å²) in [5, 5.41) is 9.84. The van der Waals surface area contributed by atoms with Gasteiger partial charge in [0.25, 0.3) is 0 Å². The van der Waals surface area contributed by atoms with Gasteiger partial charge >= 0.3 is 0 Å². The highest BCUT2D eigenvalue weighted by Gasteiger charge is 2.52. The molecule has 1 aliphatic carbocycles. The van der Waals surface area contributed by atoms with E-state index < -0.39 is 0 Å². The van der Waals surface area contributed by atoms with Gasteiger partial charge in [-0.05, 0) is 29.6 Å². The number of hydrogen-bond acceptors (Lipinski definition) is 1. The average molecular weight is 170 g/mol. The maximum absolute atomic E-state index is 9.84. The van der Waals surface area contributed by atoms with Crippen LogP contribution >= 0.6 is 0 Å². The van der Waals surface area contributed by atoms with Crippen molar-refractivity contribution >= 4 is 0 Å². The van der Waals surface area contributed by atoms with E-state index in [0.717, 1.165) is 6.42 Å². The van der Waals surface area contributed by atoms with E-state index in [1.165, 1.54) is 6.42 Å². The molecular weight excluding hydrogens is 148 g/mol. The summed E-state index contributed by atoms with van der Waals surface area (Å²) in [6, 6.07) is 0. The van der Waals surface area contributed by atoms with Gasteiger partial charge in [0.15, 0.2) is 0 Å². The van der Waals surface area contributed by atoms with Crippen LogP contribution in [-0.2, 0) is 0 Å². The van der Waals surface area contributed by atoms with Gasteiger partial charge in [-0.1, -0.05) is 34.6 Å². The average Bonchev–Trinajstić information content (AvgIpc) is 2.15. The van der Waals surface area contributed by atoms with Crippen LogP contribution in [-0.4, -0.2) is 11.2 Å². The Bertz CT molecular complexity index is 172. The predicted molar refractivity (Wildman–Crippen MR) is 52.0 cm³/mol. The molecular formula is C11H22O. The lowest BCUT2D eigenvalue weighted by molar-refractivity contribution is -0.0128. The first-order valence-electron chi connectivity index (χ1n) is 5.00. The molecule has 1 N–H and O–H groups in total. The molecule has 0 heterocycles. The highest BCUT2D eigenvalue weighted by Crippen LogP contribution is 2.56. The number of rotatable bonds is 1. The third-order valence-corrected chi connectivity index (χ3v) is 4.52. The predicted octanol–water partition coefficient (Wildman–Crippen LogP) is 2.83. The number of aliphatic hydroxyl groups excluding tert-OH is 1. The van der Waals surface area contributed by atoms with Crippen molar-refractivity contribution in [1.82, 2.24) is 0 Å². The van der Waals surface area contributed by atoms with Crippen molar-refractivity contribution in [3.8, 4) is 0 Å². The van der Waals surface area contributed by atoms with Crippen molar-refractivity contribution in [2.24, 2.45) is 16.7 Å². The normalized spacial score (nSPS) is 40.8. The number of hydrogen-bond donors (Lipinski definition) is 1. The van der Waals surface area contributed by atoms with Crippen molar-refractivity contribution < 1.29 is 5.11 Å². The summed E-state index contributed by atoms with van der Waals surface area (Å²) in [7, 11) is 0. The maximum atomic E-state index is 9.84. The van der Waals surface area contributed by atoms with E-state index in [0.29, 0.717) is 11.3 Å². The van der Waals surface area contributed by atoms with Gasteiger partial charge in [0.2, 0.25) is 0 Å². The molecule has 2 atom stereocenters. The first-order valence-corrected chi connectivity index (χ1v) is 5.00. The Morgan fingerprint density at radius 2 is 1.75 bits per heavy atom. The lowest BCUT2D eigenvalue weighted by atomic mass is 9.62. The van der Waals surface area contributed by atoms with Gasteiger partial charge in [0, 0.05) is 0 Å². The topological polar surface area (TPSA) is 20.2 Å². The Balaban J connectivity index is 2.93. The maximum Gasteiger partial charge on any atom is 0.0596 e. The molecule has 1 fully saturated rings. The summed E-state index contributed by atoms with van der Waals surface area (Å²) in [5.41, 5.74) is 0.396. The molecule has 0 spiro atoms. The van der Waals surface area contributed by atoms with Crippen LogP contribution in [0.1, 0.15) is 47.5 Å². The molecule has 1 aliphatic rings. The quantitative estimate of drug-likeness (QED) is 0.641. The first-order chi connectivity index (χ1) is 5.32. The van der Waals surface area contributed by atoms with E-state index >= 15 is 0 Å². The Labute approximate surface area is 76.2 Å². The van der Waals surface area contributed by atoms with E-state index in [1.54, 1.807) is 0 Å². The van der Waals surface area contributed by atoms with E-state index in [1.807, 2.05) is 0 Å². The molecule has 0 amide bonds. The molecule has 1 rings (SSSR count). The summed E-state index contributed by atoms with van der Waals surface area (Å²) in [6.07, 6.45) is 2.03. The second-order valence-corrected chi connectivity index (χ2v) is 5.35. The Morgan fingerprint density at radius 3 is 1.92 bits per heavy atom. The summed E-state index contributed by atoms with van der Waals surface area (Å²) >= 11 is 0. The summed E-state index contributed by atoms with van der Waals surface area (Å²) in [4.78, 5) is 0. The largest absolute Gasteiger partial charge is 0.393 e. The van der Waals surface area contributed by atoms with Crippen LogP contribution in [0.2, 0.25) is 0 Å². The molecule has 0 saturated heterocycles. The standard InChI is InChI=1S/C11H22O/c1-8(2)11(5)7-6-9(12)10(11,3)4/h8-9,12H,6-7H2,1-5H3. The molecule has 72 valence electrons. The van der Waals surface area contributed by atoms with Crippen molar-refractivity contribution in [2.75, 3.05) is 0 Å². The van der Waals surface area contributed by atoms with Crippen molar-refractivity contribution in [1.29, 1.82) is 0 Å². The molecule has 2 unspecified atom stereocenters. The molecule has 1 saturated carbocycles. The molecule has 0 aliphatic heterocycles. The molecule has 0 bridgehead atoms. The van der Waals surface area contributed by atoms with Gasteiger partial charge in [-0.2, -0.15) is 0 Å². The van der Waals surface area contributed by atoms with Gasteiger partial charge in [-0.25, -0.2) is 0 Å². The smallest absolute Gasteiger partial charge is 0.0596 e. The fourth-order valence-corrected chi connectivity index (χ4v) is 2.53. The minimum Gasteiger partial charge on any atom is -0.393 e. The molecule has 0 aromatic carbocycles. The fourth-order valence-electron chi connectivity index (χ4n) is 2.53. The second kappa shape index (κ2) is 2.73. The second-order valence-electron chi connectivity index (χ2n) is 5.35. The van der Waals surface area contributed by atoms with Crippen LogP contribution in [0.5, 0.6) is 0 Å². The zero-order valence-corrected chi connectivity index (χ0v) is 9.02. The monoisotopic (exact) mass is 170 g/mol. The van der Waals surface area contributed by atoms with E-state index in [2.05, 4.69) is 34.6 Å². The van der Waals surface area contributed by atoms with Crippen LogP contribution in [0, 0.1) is 16.7 Å². The van der Waals surface area contributed by atoms with Crippen molar-refractivity contribution in [2.45, 2.75) is 53.6 Å². The van der Waals surface area contributed by atoms with E-state index in [-0.39, 0.29) is 11.5 Å². The zero-order chi connectivity index (χ0) is 9.57. The van der Waals surface area contributed by atoms with Gasteiger partial charge in [-0.3, -0.25) is 0 Å². The van der Waals surface area contributed by atoms with Crippen molar-refractivity contribution in [3.05, 3.63) is 0 Å². The highest BCUT2D eigenvalue weighted by molar-refractivity contribution is 5.01. The van der Waals surface area contributed by atoms with Crippen LogP contribution in [0.25, 0.3) is 0 Å². The van der Waals surface area contributed by atoms with Gasteiger partial charge in [0.05, 0.1) is 6.10 Å². The minimum absolute atomic E-state index is 0.0845. The van der Waals surface area contributed by atoms with Crippen LogP contribution < -0.4 is 0 Å². The Morgan fingerprint density at radius 1 is 1.25 bits per heavy atom. The van der Waals surface area contributed by atoms with Crippen LogP contribution in [0.4, 0.5) is 0 Å². The van der Waals surface area contributed by atoms with E-state index in [4.69, 9.17) is 0 Å². The number of aliphatic hydroxyl groups is 1. The SMILES string of the molecule is CC(C)C1(C)CCC(O)C1(C)C. The lowest BCUT2D eigenvalue weighted by Crippen LogP contribution is -2.40. The lowest BCUT2D eigenvalue weighted by Gasteiger charge is -2.43. The third kappa shape index (κ3) is 1.10. The van der Waals surface area contributed by atoms with E-state index in [9.17, 15) is 5.11 Å². The molecule has 1 heteroatoms. The van der Waals surface area contributed by atoms with Gasteiger partial charge in [-0.15, -0.1) is 0 Å². The highest BCUT2D eigenvalue weighted by atomic mass is 16.3. The molecule has 1 nitrogen and oxygen atoms in total. The first kappa shape index (κ1) is 10.0. The van der Waals surface area contributed by atoms with Crippen LogP contribution in [0.15, 0.2) is 0 Å². The molecule has 0 aromatic rings. The Hall–Kier alpha value is -0.0400. The third-order valence-electron chi connectivity index (χ3n) is 4.52. The zero-order valence-electron chi connectivity index (χ0n) is 9.02. The van der Waals surface area contributed by atoms with Crippen LogP contribution in [0.3, 0.4) is 0 Å². The fraction of sp³-hybridized carbons (Fsp3) is 1.00. The molecule has 0 radical (unpaired) electrons. The van der Waals surface area contributed by atoms with Gasteiger partial charge < -0.3 is 5.11 Å². The summed E-state index contributed by atoms with van der Waals surface area (Å²) in [5.74, 6) is 0.657. The molecule has 0 aromatic heterocycles.